The summed E-state index contributed by atoms with van der Waals surface area (Å²) in [6, 6.07) is 13.6. The van der Waals surface area contributed by atoms with E-state index in [-0.39, 0.29) is 18.3 Å². The van der Waals surface area contributed by atoms with Gasteiger partial charge in [-0.15, -0.1) is 0 Å². The number of hydrogen-bond donors (Lipinski definition) is 2. The number of nitrogens with one attached hydrogen (secondary N) is 2. The Morgan fingerprint density at radius 1 is 1.11 bits per heavy atom. The summed E-state index contributed by atoms with van der Waals surface area (Å²) < 4.78 is 13.4. The highest BCUT2D eigenvalue weighted by Crippen LogP contribution is 2.14. The Labute approximate surface area is 111 Å². The van der Waals surface area contributed by atoms with E-state index >= 15 is 0 Å². The highest BCUT2D eigenvalue weighted by molar-refractivity contribution is 5.99. The van der Waals surface area contributed by atoms with Crippen LogP contribution in [0.5, 0.6) is 0 Å². The van der Waals surface area contributed by atoms with Gasteiger partial charge < -0.3 is 10.6 Å². The van der Waals surface area contributed by atoms with Gasteiger partial charge in [0.25, 0.3) is 5.91 Å². The van der Waals surface area contributed by atoms with Crippen LogP contribution >= 0.6 is 0 Å². The lowest BCUT2D eigenvalue weighted by molar-refractivity contribution is 0.0951. The molecule has 0 aromatic heterocycles. The standard InChI is InChI=1S/C15H15FN2O/c1-17-14-9-5-3-7-12(14)15(19)18-10-11-6-2-4-8-13(11)16/h2-9,17H,10H2,1H3,(H,18,19). The van der Waals surface area contributed by atoms with E-state index in [9.17, 15) is 9.18 Å². The van der Waals surface area contributed by atoms with Gasteiger partial charge in [0.1, 0.15) is 5.82 Å². The maximum atomic E-state index is 13.4. The topological polar surface area (TPSA) is 41.1 Å². The minimum Gasteiger partial charge on any atom is -0.387 e. The molecule has 4 heteroatoms. The normalized spacial score (nSPS) is 10.0. The molecule has 0 atom stereocenters. The van der Waals surface area contributed by atoms with Gasteiger partial charge >= 0.3 is 0 Å². The second-order valence-corrected chi connectivity index (χ2v) is 4.07. The first kappa shape index (κ1) is 13.1. The van der Waals surface area contributed by atoms with E-state index in [4.69, 9.17) is 0 Å². The first-order valence-corrected chi connectivity index (χ1v) is 6.00. The predicted octanol–water partition coefficient (Wildman–Crippen LogP) is 2.80. The molecule has 19 heavy (non-hydrogen) atoms. The maximum absolute atomic E-state index is 13.4. The zero-order chi connectivity index (χ0) is 13.7. The summed E-state index contributed by atoms with van der Waals surface area (Å²) in [5.74, 6) is -0.544. The fourth-order valence-corrected chi connectivity index (χ4v) is 1.81. The maximum Gasteiger partial charge on any atom is 0.253 e. The molecule has 0 unspecified atom stereocenters. The third-order valence-corrected chi connectivity index (χ3v) is 2.84. The zero-order valence-electron chi connectivity index (χ0n) is 10.6. The average Bonchev–Trinajstić information content (AvgIpc) is 2.46. The van der Waals surface area contributed by atoms with Gasteiger partial charge in [-0.05, 0) is 18.2 Å². The lowest BCUT2D eigenvalue weighted by Gasteiger charge is -2.10. The van der Waals surface area contributed by atoms with Crippen LogP contribution in [0.15, 0.2) is 48.5 Å². The Morgan fingerprint density at radius 2 is 1.79 bits per heavy atom. The lowest BCUT2D eigenvalue weighted by atomic mass is 10.1. The van der Waals surface area contributed by atoms with Crippen molar-refractivity contribution in [3.8, 4) is 0 Å². The zero-order valence-corrected chi connectivity index (χ0v) is 10.6. The molecule has 0 aliphatic heterocycles. The SMILES string of the molecule is CNc1ccccc1C(=O)NCc1ccccc1F. The van der Waals surface area contributed by atoms with E-state index in [1.165, 1.54) is 6.07 Å². The van der Waals surface area contributed by atoms with Gasteiger partial charge in [-0.2, -0.15) is 0 Å². The summed E-state index contributed by atoms with van der Waals surface area (Å²) >= 11 is 0. The highest BCUT2D eigenvalue weighted by atomic mass is 19.1. The molecule has 0 saturated carbocycles. The number of amides is 1. The molecule has 2 N–H and O–H groups in total. The molecule has 0 radical (unpaired) electrons. The van der Waals surface area contributed by atoms with Crippen LogP contribution in [0, 0.1) is 5.82 Å². The highest BCUT2D eigenvalue weighted by Gasteiger charge is 2.10. The van der Waals surface area contributed by atoms with E-state index in [0.29, 0.717) is 11.1 Å². The molecule has 0 aliphatic rings. The van der Waals surface area contributed by atoms with Gasteiger partial charge in [-0.25, -0.2) is 4.39 Å². The summed E-state index contributed by atoms with van der Waals surface area (Å²) in [6.45, 7) is 0.170. The van der Waals surface area contributed by atoms with Crippen LogP contribution in [-0.2, 0) is 6.54 Å². The molecule has 2 aromatic carbocycles. The van der Waals surface area contributed by atoms with Crippen molar-refractivity contribution in [2.45, 2.75) is 6.54 Å². The van der Waals surface area contributed by atoms with Crippen molar-refractivity contribution in [1.82, 2.24) is 5.32 Å². The van der Waals surface area contributed by atoms with Crippen molar-refractivity contribution in [2.24, 2.45) is 0 Å². The molecule has 0 saturated heterocycles. The Kier molecular flexibility index (Phi) is 4.13. The van der Waals surface area contributed by atoms with Gasteiger partial charge in [0.2, 0.25) is 0 Å². The fraction of sp³-hybridized carbons (Fsp3) is 0.133. The number of carbonyl (C=O) groups excluding carboxylic acids is 1. The van der Waals surface area contributed by atoms with E-state index in [1.807, 2.05) is 12.1 Å². The van der Waals surface area contributed by atoms with E-state index < -0.39 is 0 Å². The molecular formula is C15H15FN2O. The molecule has 0 aliphatic carbocycles. The number of para-hydroxylation sites is 1. The molecule has 0 heterocycles. The van der Waals surface area contributed by atoms with Crippen LogP contribution in [0.1, 0.15) is 15.9 Å². The third-order valence-electron chi connectivity index (χ3n) is 2.84. The fourth-order valence-electron chi connectivity index (χ4n) is 1.81. The molecular weight excluding hydrogens is 243 g/mol. The first-order chi connectivity index (χ1) is 9.22. The monoisotopic (exact) mass is 258 g/mol. The summed E-state index contributed by atoms with van der Waals surface area (Å²) in [7, 11) is 1.75. The number of benzene rings is 2. The van der Waals surface area contributed by atoms with Crippen LogP contribution in [0.2, 0.25) is 0 Å². The minimum atomic E-state index is -0.315. The number of halogens is 1. The largest absolute Gasteiger partial charge is 0.387 e. The molecule has 2 aromatic rings. The van der Waals surface area contributed by atoms with Gasteiger partial charge in [0.15, 0.2) is 0 Å². The minimum absolute atomic E-state index is 0.170. The van der Waals surface area contributed by atoms with Gasteiger partial charge in [-0.3, -0.25) is 4.79 Å². The summed E-state index contributed by atoms with van der Waals surface area (Å²) in [5, 5.41) is 5.66. The predicted molar refractivity (Wildman–Crippen MR) is 73.6 cm³/mol. The van der Waals surface area contributed by atoms with E-state index in [0.717, 1.165) is 5.69 Å². The van der Waals surface area contributed by atoms with E-state index in [2.05, 4.69) is 10.6 Å². The van der Waals surface area contributed by atoms with Crippen LogP contribution in [-0.4, -0.2) is 13.0 Å². The third kappa shape index (κ3) is 3.10. The molecule has 98 valence electrons. The molecule has 0 fully saturated rings. The second-order valence-electron chi connectivity index (χ2n) is 4.07. The number of anilines is 1. The molecule has 0 bridgehead atoms. The first-order valence-electron chi connectivity index (χ1n) is 6.00. The van der Waals surface area contributed by atoms with Gasteiger partial charge in [0.05, 0.1) is 5.56 Å². The quantitative estimate of drug-likeness (QED) is 0.885. The Balaban J connectivity index is 2.08. The number of rotatable bonds is 4. The summed E-state index contributed by atoms with van der Waals surface area (Å²) in [4.78, 5) is 12.0. The van der Waals surface area contributed by atoms with Crippen molar-refractivity contribution >= 4 is 11.6 Å². The van der Waals surface area contributed by atoms with Crippen LogP contribution in [0.25, 0.3) is 0 Å². The Hall–Kier alpha value is -2.36. The average molecular weight is 258 g/mol. The van der Waals surface area contributed by atoms with Crippen LogP contribution in [0.3, 0.4) is 0 Å². The summed E-state index contributed by atoms with van der Waals surface area (Å²) in [6.07, 6.45) is 0. The van der Waals surface area contributed by atoms with Gasteiger partial charge in [0, 0.05) is 24.8 Å². The molecule has 2 rings (SSSR count). The summed E-state index contributed by atoms with van der Waals surface area (Å²) in [5.41, 5.74) is 1.76. The lowest BCUT2D eigenvalue weighted by Crippen LogP contribution is -2.24. The molecule has 3 nitrogen and oxygen atoms in total. The van der Waals surface area contributed by atoms with Gasteiger partial charge in [-0.1, -0.05) is 30.3 Å². The van der Waals surface area contributed by atoms with Crippen molar-refractivity contribution in [2.75, 3.05) is 12.4 Å². The van der Waals surface area contributed by atoms with Crippen molar-refractivity contribution in [3.05, 3.63) is 65.5 Å². The van der Waals surface area contributed by atoms with Crippen LogP contribution in [0.4, 0.5) is 10.1 Å². The Morgan fingerprint density at radius 3 is 2.53 bits per heavy atom. The number of carbonyl (C=O) groups is 1. The van der Waals surface area contributed by atoms with Crippen molar-refractivity contribution in [1.29, 1.82) is 0 Å². The molecule has 0 spiro atoms. The second kappa shape index (κ2) is 6.00. The molecule has 1 amide bonds. The smallest absolute Gasteiger partial charge is 0.253 e. The van der Waals surface area contributed by atoms with Crippen molar-refractivity contribution < 1.29 is 9.18 Å². The van der Waals surface area contributed by atoms with E-state index in [1.54, 1.807) is 37.4 Å². The van der Waals surface area contributed by atoms with Crippen LogP contribution < -0.4 is 10.6 Å². The Bertz CT molecular complexity index is 584. The van der Waals surface area contributed by atoms with Crippen molar-refractivity contribution in [3.63, 3.8) is 0 Å². The number of hydrogen-bond acceptors (Lipinski definition) is 2.